The van der Waals surface area contributed by atoms with Gasteiger partial charge in [0.2, 0.25) is 0 Å². The molecule has 1 saturated heterocycles. The first kappa shape index (κ1) is 13.4. The van der Waals surface area contributed by atoms with E-state index in [4.69, 9.17) is 4.42 Å². The van der Waals surface area contributed by atoms with Crippen molar-refractivity contribution in [2.75, 3.05) is 51.2 Å². The number of piperazine rings is 1. The van der Waals surface area contributed by atoms with Crippen molar-refractivity contribution in [3.8, 4) is 0 Å². The summed E-state index contributed by atoms with van der Waals surface area (Å²) < 4.78 is 5.64. The first-order valence-corrected chi connectivity index (χ1v) is 6.86. The molecule has 0 aliphatic carbocycles. The lowest BCUT2D eigenvalue weighted by Gasteiger charge is -2.31. The van der Waals surface area contributed by atoms with Crippen molar-refractivity contribution in [1.29, 1.82) is 0 Å². The number of anilines is 1. The van der Waals surface area contributed by atoms with Gasteiger partial charge in [0.15, 0.2) is 5.88 Å². The SMILES string of the molecule is Cc1ccc(N(C)CC(C)CN2CCNCC2)o1. The monoisotopic (exact) mass is 251 g/mol. The highest BCUT2D eigenvalue weighted by molar-refractivity contribution is 5.34. The number of hydrogen-bond acceptors (Lipinski definition) is 4. The van der Waals surface area contributed by atoms with Crippen LogP contribution in [0.4, 0.5) is 5.88 Å². The van der Waals surface area contributed by atoms with Crippen molar-refractivity contribution in [3.05, 3.63) is 17.9 Å². The molecule has 0 aromatic carbocycles. The van der Waals surface area contributed by atoms with Crippen LogP contribution in [0.15, 0.2) is 16.5 Å². The molecule has 0 radical (unpaired) electrons. The van der Waals surface area contributed by atoms with Crippen LogP contribution >= 0.6 is 0 Å². The van der Waals surface area contributed by atoms with Crippen molar-refractivity contribution in [1.82, 2.24) is 10.2 Å². The Morgan fingerprint density at radius 2 is 2.11 bits per heavy atom. The zero-order valence-electron chi connectivity index (χ0n) is 11.8. The van der Waals surface area contributed by atoms with E-state index in [-0.39, 0.29) is 0 Å². The molecule has 2 rings (SSSR count). The van der Waals surface area contributed by atoms with Crippen LogP contribution in [0.1, 0.15) is 12.7 Å². The molecule has 1 aromatic heterocycles. The molecular formula is C14H25N3O. The molecule has 1 unspecified atom stereocenters. The second-order valence-corrected chi connectivity index (χ2v) is 5.42. The van der Waals surface area contributed by atoms with Crippen molar-refractivity contribution >= 4 is 5.88 Å². The molecule has 0 spiro atoms. The molecule has 2 heterocycles. The summed E-state index contributed by atoms with van der Waals surface area (Å²) in [6, 6.07) is 4.07. The van der Waals surface area contributed by atoms with Gasteiger partial charge < -0.3 is 19.5 Å². The fourth-order valence-corrected chi connectivity index (χ4v) is 2.58. The summed E-state index contributed by atoms with van der Waals surface area (Å²) in [5, 5.41) is 3.39. The third kappa shape index (κ3) is 3.75. The van der Waals surface area contributed by atoms with Gasteiger partial charge in [0, 0.05) is 52.4 Å². The molecule has 0 saturated carbocycles. The minimum absolute atomic E-state index is 0.651. The van der Waals surface area contributed by atoms with Crippen LogP contribution < -0.4 is 10.2 Å². The van der Waals surface area contributed by atoms with Crippen molar-refractivity contribution in [2.24, 2.45) is 5.92 Å². The predicted molar refractivity (Wildman–Crippen MR) is 75.2 cm³/mol. The van der Waals surface area contributed by atoms with E-state index in [0.717, 1.165) is 31.3 Å². The van der Waals surface area contributed by atoms with Gasteiger partial charge in [-0.05, 0) is 18.9 Å². The van der Waals surface area contributed by atoms with E-state index >= 15 is 0 Å². The second kappa shape index (κ2) is 6.25. The lowest BCUT2D eigenvalue weighted by Crippen LogP contribution is -2.46. The smallest absolute Gasteiger partial charge is 0.195 e. The van der Waals surface area contributed by atoms with Gasteiger partial charge in [0.05, 0.1) is 0 Å². The zero-order chi connectivity index (χ0) is 13.0. The van der Waals surface area contributed by atoms with E-state index in [1.54, 1.807) is 0 Å². The maximum Gasteiger partial charge on any atom is 0.195 e. The highest BCUT2D eigenvalue weighted by Crippen LogP contribution is 2.17. The van der Waals surface area contributed by atoms with Crippen molar-refractivity contribution in [2.45, 2.75) is 13.8 Å². The molecule has 0 amide bonds. The molecule has 1 aromatic rings. The van der Waals surface area contributed by atoms with Gasteiger partial charge in [0.25, 0.3) is 0 Å². The minimum Gasteiger partial charge on any atom is -0.446 e. The number of hydrogen-bond donors (Lipinski definition) is 1. The highest BCUT2D eigenvalue weighted by atomic mass is 16.4. The average molecular weight is 251 g/mol. The quantitative estimate of drug-likeness (QED) is 0.861. The van der Waals surface area contributed by atoms with Gasteiger partial charge in [-0.1, -0.05) is 6.92 Å². The molecule has 1 fully saturated rings. The van der Waals surface area contributed by atoms with Gasteiger partial charge in [0.1, 0.15) is 5.76 Å². The first-order valence-electron chi connectivity index (χ1n) is 6.86. The van der Waals surface area contributed by atoms with E-state index in [1.165, 1.54) is 19.6 Å². The molecule has 1 aliphatic heterocycles. The lowest BCUT2D eigenvalue weighted by molar-refractivity contribution is 0.212. The number of nitrogens with zero attached hydrogens (tertiary/aromatic N) is 2. The topological polar surface area (TPSA) is 31.6 Å². The minimum atomic E-state index is 0.651. The summed E-state index contributed by atoms with van der Waals surface area (Å²) >= 11 is 0. The Labute approximate surface area is 110 Å². The summed E-state index contributed by atoms with van der Waals surface area (Å²) in [5.41, 5.74) is 0. The summed E-state index contributed by atoms with van der Waals surface area (Å²) in [7, 11) is 2.10. The van der Waals surface area contributed by atoms with Crippen LogP contribution in [-0.2, 0) is 0 Å². The van der Waals surface area contributed by atoms with Crippen LogP contribution in [0.2, 0.25) is 0 Å². The molecule has 0 bridgehead atoms. The first-order chi connectivity index (χ1) is 8.65. The summed E-state index contributed by atoms with van der Waals surface area (Å²) in [6.45, 7) is 11.1. The van der Waals surface area contributed by atoms with E-state index in [9.17, 15) is 0 Å². The number of furan rings is 1. The van der Waals surface area contributed by atoms with Crippen molar-refractivity contribution < 1.29 is 4.42 Å². The fraction of sp³-hybridized carbons (Fsp3) is 0.714. The van der Waals surface area contributed by atoms with Crippen LogP contribution in [0.5, 0.6) is 0 Å². The van der Waals surface area contributed by atoms with E-state index in [2.05, 4.69) is 29.1 Å². The van der Waals surface area contributed by atoms with Gasteiger partial charge in [-0.15, -0.1) is 0 Å². The molecule has 1 aliphatic rings. The second-order valence-electron chi connectivity index (χ2n) is 5.42. The Morgan fingerprint density at radius 3 is 2.72 bits per heavy atom. The standard InChI is InChI=1S/C14H25N3O/c1-12(11-17-8-6-15-7-9-17)10-16(3)14-5-4-13(2)18-14/h4-5,12,15H,6-11H2,1-3H3. The molecule has 4 nitrogen and oxygen atoms in total. The summed E-state index contributed by atoms with van der Waals surface area (Å²) in [4.78, 5) is 4.75. The van der Waals surface area contributed by atoms with Crippen LogP contribution in [-0.4, -0.2) is 51.2 Å². The Hall–Kier alpha value is -1.00. The van der Waals surface area contributed by atoms with Gasteiger partial charge >= 0.3 is 0 Å². The molecule has 1 N–H and O–H groups in total. The van der Waals surface area contributed by atoms with Gasteiger partial charge in [-0.3, -0.25) is 0 Å². The Balaban J connectivity index is 1.77. The zero-order valence-corrected chi connectivity index (χ0v) is 11.8. The third-order valence-electron chi connectivity index (χ3n) is 3.47. The normalized spacial score (nSPS) is 18.8. The Kier molecular flexibility index (Phi) is 4.66. The van der Waals surface area contributed by atoms with Crippen LogP contribution in [0.3, 0.4) is 0 Å². The molecule has 1 atom stereocenters. The van der Waals surface area contributed by atoms with E-state index in [1.807, 2.05) is 19.1 Å². The van der Waals surface area contributed by atoms with Gasteiger partial charge in [-0.2, -0.15) is 0 Å². The summed E-state index contributed by atoms with van der Waals surface area (Å²) in [5.74, 6) is 2.60. The predicted octanol–water partition coefficient (Wildman–Crippen LogP) is 1.57. The Bertz CT molecular complexity index is 358. The maximum absolute atomic E-state index is 5.64. The molecular weight excluding hydrogens is 226 g/mol. The van der Waals surface area contributed by atoms with E-state index in [0.29, 0.717) is 5.92 Å². The Morgan fingerprint density at radius 1 is 1.39 bits per heavy atom. The van der Waals surface area contributed by atoms with Crippen molar-refractivity contribution in [3.63, 3.8) is 0 Å². The number of nitrogens with one attached hydrogen (secondary N) is 1. The average Bonchev–Trinajstić information content (AvgIpc) is 2.77. The number of aryl methyl sites for hydroxylation is 1. The summed E-state index contributed by atoms with van der Waals surface area (Å²) in [6.07, 6.45) is 0. The van der Waals surface area contributed by atoms with Crippen LogP contribution in [0.25, 0.3) is 0 Å². The van der Waals surface area contributed by atoms with Crippen LogP contribution in [0, 0.1) is 12.8 Å². The van der Waals surface area contributed by atoms with Gasteiger partial charge in [-0.25, -0.2) is 0 Å². The fourth-order valence-electron chi connectivity index (χ4n) is 2.58. The third-order valence-corrected chi connectivity index (χ3v) is 3.47. The number of rotatable bonds is 5. The van der Waals surface area contributed by atoms with E-state index < -0.39 is 0 Å². The molecule has 102 valence electrons. The molecule has 18 heavy (non-hydrogen) atoms. The molecule has 4 heteroatoms. The lowest BCUT2D eigenvalue weighted by atomic mass is 10.1. The largest absolute Gasteiger partial charge is 0.446 e. The maximum atomic E-state index is 5.64. The highest BCUT2D eigenvalue weighted by Gasteiger charge is 2.15.